The third kappa shape index (κ3) is 1.93. The van der Waals surface area contributed by atoms with Gasteiger partial charge < -0.3 is 14.2 Å². The molecule has 0 bridgehead atoms. The van der Waals surface area contributed by atoms with E-state index in [0.29, 0.717) is 20.1 Å². The summed E-state index contributed by atoms with van der Waals surface area (Å²) in [5.74, 6) is 2.14. The van der Waals surface area contributed by atoms with Crippen LogP contribution in [0.4, 0.5) is 0 Å². The van der Waals surface area contributed by atoms with Gasteiger partial charge in [-0.1, -0.05) is 8.58 Å². The van der Waals surface area contributed by atoms with Crippen molar-refractivity contribution in [2.45, 2.75) is 0 Å². The molecular formula is C10H15O3P. The summed E-state index contributed by atoms with van der Waals surface area (Å²) in [5, 5.41) is 1.14. The lowest BCUT2D eigenvalue weighted by Crippen LogP contribution is -2.04. The Balaban J connectivity index is 3.28. The molecule has 0 amide bonds. The van der Waals surface area contributed by atoms with E-state index in [0.717, 1.165) is 11.1 Å². The summed E-state index contributed by atoms with van der Waals surface area (Å²) in [6.45, 7) is 2.10. The normalized spacial score (nSPS) is 10.6. The van der Waals surface area contributed by atoms with Gasteiger partial charge in [-0.3, -0.25) is 0 Å². The van der Waals surface area contributed by atoms with Crippen molar-refractivity contribution >= 4 is 13.9 Å². The first-order valence-corrected chi connectivity index (χ1v) is 5.75. The SMILES string of the molecule is COc1ccc(PC)c(OC)c1OC. The average Bonchev–Trinajstić information content (AvgIpc) is 2.26. The van der Waals surface area contributed by atoms with Gasteiger partial charge >= 0.3 is 0 Å². The number of hydrogen-bond donors (Lipinski definition) is 0. The molecule has 0 aromatic heterocycles. The molecule has 0 saturated carbocycles. The minimum Gasteiger partial charge on any atom is -0.493 e. The third-order valence-corrected chi connectivity index (χ3v) is 2.91. The van der Waals surface area contributed by atoms with Gasteiger partial charge in [-0.25, -0.2) is 0 Å². The topological polar surface area (TPSA) is 27.7 Å². The highest BCUT2D eigenvalue weighted by atomic mass is 31.1. The summed E-state index contributed by atoms with van der Waals surface area (Å²) in [4.78, 5) is 0. The summed E-state index contributed by atoms with van der Waals surface area (Å²) in [6.07, 6.45) is 0. The number of rotatable bonds is 4. The average molecular weight is 214 g/mol. The number of hydrogen-bond acceptors (Lipinski definition) is 3. The van der Waals surface area contributed by atoms with E-state index in [1.165, 1.54) is 0 Å². The molecule has 1 atom stereocenters. The van der Waals surface area contributed by atoms with E-state index in [4.69, 9.17) is 14.2 Å². The van der Waals surface area contributed by atoms with Crippen molar-refractivity contribution in [2.75, 3.05) is 28.0 Å². The second-order valence-corrected chi connectivity index (χ2v) is 3.67. The van der Waals surface area contributed by atoms with E-state index in [1.807, 2.05) is 12.1 Å². The van der Waals surface area contributed by atoms with Crippen molar-refractivity contribution in [3.05, 3.63) is 12.1 Å². The molecule has 3 nitrogen and oxygen atoms in total. The van der Waals surface area contributed by atoms with Crippen LogP contribution in [0, 0.1) is 0 Å². The van der Waals surface area contributed by atoms with E-state index in [-0.39, 0.29) is 0 Å². The Morgan fingerprint density at radius 3 is 2.00 bits per heavy atom. The summed E-state index contributed by atoms with van der Waals surface area (Å²) >= 11 is 0. The predicted octanol–water partition coefficient (Wildman–Crippen LogP) is 1.65. The van der Waals surface area contributed by atoms with Crippen LogP contribution in [0.15, 0.2) is 12.1 Å². The van der Waals surface area contributed by atoms with Crippen LogP contribution in [0.1, 0.15) is 0 Å². The summed E-state index contributed by atoms with van der Waals surface area (Å²) < 4.78 is 15.7. The fourth-order valence-corrected chi connectivity index (χ4v) is 1.99. The second-order valence-electron chi connectivity index (χ2n) is 2.63. The highest BCUT2D eigenvalue weighted by molar-refractivity contribution is 7.46. The molecule has 78 valence electrons. The zero-order valence-electron chi connectivity index (χ0n) is 8.88. The van der Waals surface area contributed by atoms with E-state index < -0.39 is 0 Å². The van der Waals surface area contributed by atoms with Gasteiger partial charge in [0.05, 0.1) is 21.3 Å². The Hall–Kier alpha value is -0.950. The maximum absolute atomic E-state index is 5.30. The first-order valence-electron chi connectivity index (χ1n) is 4.25. The van der Waals surface area contributed by atoms with Gasteiger partial charge in [-0.15, -0.1) is 0 Å². The van der Waals surface area contributed by atoms with Gasteiger partial charge in [0, 0.05) is 5.30 Å². The number of benzene rings is 1. The minimum atomic E-state index is 0.668. The zero-order valence-corrected chi connectivity index (χ0v) is 9.88. The van der Waals surface area contributed by atoms with Crippen molar-refractivity contribution in [1.29, 1.82) is 0 Å². The van der Waals surface area contributed by atoms with E-state index in [9.17, 15) is 0 Å². The molecule has 1 aromatic rings. The van der Waals surface area contributed by atoms with Crippen molar-refractivity contribution in [1.82, 2.24) is 0 Å². The lowest BCUT2D eigenvalue weighted by atomic mass is 10.3. The Morgan fingerprint density at radius 2 is 1.57 bits per heavy atom. The second kappa shape index (κ2) is 5.06. The molecule has 1 unspecified atom stereocenters. The highest BCUT2D eigenvalue weighted by Crippen LogP contribution is 2.37. The maximum atomic E-state index is 5.30. The number of ether oxygens (including phenoxy) is 3. The van der Waals surface area contributed by atoms with E-state index in [2.05, 4.69) is 6.66 Å². The van der Waals surface area contributed by atoms with Crippen LogP contribution in [0.5, 0.6) is 17.2 Å². The highest BCUT2D eigenvalue weighted by Gasteiger charge is 2.14. The molecule has 1 rings (SSSR count). The molecule has 1 aromatic carbocycles. The van der Waals surface area contributed by atoms with Crippen molar-refractivity contribution in [2.24, 2.45) is 0 Å². The largest absolute Gasteiger partial charge is 0.493 e. The fraction of sp³-hybridized carbons (Fsp3) is 0.400. The molecule has 0 aliphatic carbocycles. The molecule has 0 fully saturated rings. The summed E-state index contributed by atoms with van der Waals surface area (Å²) in [7, 11) is 5.54. The molecule has 0 N–H and O–H groups in total. The summed E-state index contributed by atoms with van der Waals surface area (Å²) in [6, 6.07) is 3.89. The molecule has 14 heavy (non-hydrogen) atoms. The quantitative estimate of drug-likeness (QED) is 0.713. The molecule has 0 radical (unpaired) electrons. The molecule has 0 heterocycles. The van der Waals surface area contributed by atoms with Crippen LogP contribution in [0.2, 0.25) is 0 Å². The van der Waals surface area contributed by atoms with Crippen LogP contribution in [-0.2, 0) is 0 Å². The Morgan fingerprint density at radius 1 is 0.929 bits per heavy atom. The molecule has 0 spiro atoms. The van der Waals surface area contributed by atoms with Crippen LogP contribution in [0.25, 0.3) is 0 Å². The lowest BCUT2D eigenvalue weighted by Gasteiger charge is -2.14. The monoisotopic (exact) mass is 214 g/mol. The standard InChI is InChI=1S/C10H15O3P/c1-11-7-5-6-8(14-4)10(13-3)9(7)12-2/h5-6,14H,1-4H3. The van der Waals surface area contributed by atoms with Crippen LogP contribution in [0.3, 0.4) is 0 Å². The van der Waals surface area contributed by atoms with Gasteiger partial charge in [0.25, 0.3) is 0 Å². The maximum Gasteiger partial charge on any atom is 0.203 e. The van der Waals surface area contributed by atoms with Crippen LogP contribution in [-0.4, -0.2) is 28.0 Å². The molecule has 0 saturated heterocycles. The predicted molar refractivity (Wildman–Crippen MR) is 60.0 cm³/mol. The zero-order chi connectivity index (χ0) is 10.6. The Bertz CT molecular complexity index is 281. The summed E-state index contributed by atoms with van der Waals surface area (Å²) in [5.41, 5.74) is 0. The van der Waals surface area contributed by atoms with Crippen molar-refractivity contribution in [3.63, 3.8) is 0 Å². The third-order valence-electron chi connectivity index (χ3n) is 1.97. The first-order chi connectivity index (χ1) is 6.78. The Kier molecular flexibility index (Phi) is 4.02. The van der Waals surface area contributed by atoms with E-state index in [1.54, 1.807) is 21.3 Å². The van der Waals surface area contributed by atoms with E-state index >= 15 is 0 Å². The Labute approximate surface area is 86.1 Å². The van der Waals surface area contributed by atoms with Crippen LogP contribution < -0.4 is 19.5 Å². The minimum absolute atomic E-state index is 0.668. The molecule has 0 aliphatic rings. The van der Waals surface area contributed by atoms with Crippen molar-refractivity contribution < 1.29 is 14.2 Å². The number of methoxy groups -OCH3 is 3. The van der Waals surface area contributed by atoms with Gasteiger partial charge in [-0.05, 0) is 18.8 Å². The fourth-order valence-electron chi connectivity index (χ4n) is 1.30. The lowest BCUT2D eigenvalue weighted by molar-refractivity contribution is 0.326. The molecular weight excluding hydrogens is 199 g/mol. The van der Waals surface area contributed by atoms with Crippen LogP contribution >= 0.6 is 8.58 Å². The van der Waals surface area contributed by atoms with Gasteiger partial charge in [0.2, 0.25) is 5.75 Å². The molecule has 4 heteroatoms. The molecule has 0 aliphatic heterocycles. The van der Waals surface area contributed by atoms with Gasteiger partial charge in [0.15, 0.2) is 11.5 Å². The van der Waals surface area contributed by atoms with Crippen molar-refractivity contribution in [3.8, 4) is 17.2 Å². The van der Waals surface area contributed by atoms with Gasteiger partial charge in [0.1, 0.15) is 0 Å². The smallest absolute Gasteiger partial charge is 0.203 e. The first kappa shape index (κ1) is 11.1. The van der Waals surface area contributed by atoms with Gasteiger partial charge in [-0.2, -0.15) is 0 Å².